The fraction of sp³-hybridized carbons (Fsp3) is 0.211. The number of hydrogen-bond donors (Lipinski definition) is 0. The minimum atomic E-state index is -3.74. The summed E-state index contributed by atoms with van der Waals surface area (Å²) in [5, 5.41) is 0.435. The van der Waals surface area contributed by atoms with Gasteiger partial charge < -0.3 is 0 Å². The van der Waals surface area contributed by atoms with Crippen LogP contribution in [0.4, 0.5) is 5.69 Å². The second kappa shape index (κ2) is 6.69. The molecule has 0 radical (unpaired) electrons. The van der Waals surface area contributed by atoms with Gasteiger partial charge in [0.15, 0.2) is 5.17 Å². The van der Waals surface area contributed by atoms with Crippen molar-refractivity contribution in [2.24, 2.45) is 4.99 Å². The zero-order valence-electron chi connectivity index (χ0n) is 14.2. The third kappa shape index (κ3) is 3.12. The van der Waals surface area contributed by atoms with E-state index in [4.69, 9.17) is 0 Å². The van der Waals surface area contributed by atoms with Gasteiger partial charge in [-0.05, 0) is 37.6 Å². The lowest BCUT2D eigenvalue weighted by molar-refractivity contribution is 0.354. The maximum absolute atomic E-state index is 13.3. The van der Waals surface area contributed by atoms with Gasteiger partial charge in [0.25, 0.3) is 10.0 Å². The number of benzene rings is 2. The Morgan fingerprint density at radius 1 is 1.08 bits per heavy atom. The Kier molecular flexibility index (Phi) is 4.75. The molecule has 2 aromatic carbocycles. The van der Waals surface area contributed by atoms with Crippen molar-refractivity contribution in [1.82, 2.24) is 4.31 Å². The van der Waals surface area contributed by atoms with Gasteiger partial charge in [-0.1, -0.05) is 61.7 Å². The minimum Gasteiger partial charge on any atom is -0.233 e. The lowest BCUT2D eigenvalue weighted by Gasteiger charge is -2.34. The normalized spacial score (nSPS) is 22.6. The van der Waals surface area contributed by atoms with Gasteiger partial charge in [-0.2, -0.15) is 0 Å². The molecule has 0 N–H and O–H groups in total. The van der Waals surface area contributed by atoms with E-state index >= 15 is 0 Å². The van der Waals surface area contributed by atoms with E-state index in [0.29, 0.717) is 17.3 Å². The highest BCUT2D eigenvalue weighted by Gasteiger charge is 2.49. The zero-order valence-corrected chi connectivity index (χ0v) is 15.8. The van der Waals surface area contributed by atoms with E-state index in [0.717, 1.165) is 4.91 Å². The van der Waals surface area contributed by atoms with Crippen LogP contribution in [-0.2, 0) is 10.0 Å². The van der Waals surface area contributed by atoms with Crippen molar-refractivity contribution in [3.8, 4) is 0 Å². The molecule has 1 fully saturated rings. The molecule has 0 spiro atoms. The van der Waals surface area contributed by atoms with Gasteiger partial charge in [-0.3, -0.25) is 0 Å². The third-order valence-electron chi connectivity index (χ3n) is 4.39. The molecule has 6 heteroatoms. The summed E-state index contributed by atoms with van der Waals surface area (Å²) >= 11 is 1.32. The van der Waals surface area contributed by atoms with Gasteiger partial charge in [0.1, 0.15) is 0 Å². The Morgan fingerprint density at radius 2 is 1.64 bits per heavy atom. The summed E-state index contributed by atoms with van der Waals surface area (Å²) in [5.41, 5.74) is -0.00105. The SMILES string of the molecule is C=C1SC(=Nc2ccccc2)N(S(=O)(=O)c2ccccc2)[C@]1(C)CC. The first-order valence-corrected chi connectivity index (χ1v) is 10.3. The number of amidine groups is 1. The minimum absolute atomic E-state index is 0.255. The van der Waals surface area contributed by atoms with E-state index in [1.165, 1.54) is 16.1 Å². The highest BCUT2D eigenvalue weighted by atomic mass is 32.2. The number of rotatable bonds is 4. The molecular formula is C19H20N2O2S2. The molecule has 1 atom stereocenters. The van der Waals surface area contributed by atoms with Gasteiger partial charge >= 0.3 is 0 Å². The van der Waals surface area contributed by atoms with Crippen LogP contribution in [0.25, 0.3) is 0 Å². The number of aliphatic imine (C=N–C) groups is 1. The highest BCUT2D eigenvalue weighted by molar-refractivity contribution is 8.18. The van der Waals surface area contributed by atoms with E-state index in [2.05, 4.69) is 11.6 Å². The smallest absolute Gasteiger partial charge is 0.233 e. The first kappa shape index (κ1) is 17.8. The van der Waals surface area contributed by atoms with Gasteiger partial charge in [-0.25, -0.2) is 17.7 Å². The predicted octanol–water partition coefficient (Wildman–Crippen LogP) is 4.79. The third-order valence-corrected chi connectivity index (χ3v) is 7.57. The number of para-hydroxylation sites is 1. The maximum atomic E-state index is 13.3. The molecule has 0 aromatic heterocycles. The first-order chi connectivity index (χ1) is 11.9. The fourth-order valence-electron chi connectivity index (χ4n) is 2.67. The summed E-state index contributed by atoms with van der Waals surface area (Å²) in [4.78, 5) is 5.63. The molecular weight excluding hydrogens is 352 g/mol. The Labute approximate surface area is 153 Å². The van der Waals surface area contributed by atoms with E-state index in [9.17, 15) is 8.42 Å². The second-order valence-corrected chi connectivity index (χ2v) is 8.81. The molecule has 0 bridgehead atoms. The van der Waals surface area contributed by atoms with Crippen molar-refractivity contribution >= 4 is 32.6 Å². The molecule has 130 valence electrons. The molecule has 1 aliphatic rings. The van der Waals surface area contributed by atoms with Crippen molar-refractivity contribution in [1.29, 1.82) is 0 Å². The van der Waals surface area contributed by atoms with Crippen LogP contribution >= 0.6 is 11.8 Å². The molecule has 0 saturated carbocycles. The second-order valence-electron chi connectivity index (χ2n) is 5.97. The Balaban J connectivity index is 2.17. The van der Waals surface area contributed by atoms with Crippen LogP contribution in [0, 0.1) is 0 Å². The molecule has 0 unspecified atom stereocenters. The molecule has 4 nitrogen and oxygen atoms in total. The number of hydrogen-bond acceptors (Lipinski definition) is 4. The summed E-state index contributed by atoms with van der Waals surface area (Å²) in [6, 6.07) is 17.8. The summed E-state index contributed by atoms with van der Waals surface area (Å²) in [5.74, 6) is 0. The van der Waals surface area contributed by atoms with Gasteiger partial charge in [0.2, 0.25) is 0 Å². The number of nitrogens with zero attached hydrogens (tertiary/aromatic N) is 2. The quantitative estimate of drug-likeness (QED) is 0.775. The van der Waals surface area contributed by atoms with Crippen LogP contribution in [0.2, 0.25) is 0 Å². The molecule has 1 aliphatic heterocycles. The lowest BCUT2D eigenvalue weighted by Crippen LogP contribution is -2.47. The predicted molar refractivity (Wildman–Crippen MR) is 104 cm³/mol. The first-order valence-electron chi connectivity index (χ1n) is 8.01. The summed E-state index contributed by atoms with van der Waals surface area (Å²) < 4.78 is 28.1. The van der Waals surface area contributed by atoms with Crippen LogP contribution in [0.15, 0.2) is 82.0 Å². The summed E-state index contributed by atoms with van der Waals surface area (Å²) in [6.07, 6.45) is 0.610. The highest BCUT2D eigenvalue weighted by Crippen LogP contribution is 2.47. The Morgan fingerprint density at radius 3 is 2.20 bits per heavy atom. The number of thioether (sulfide) groups is 1. The maximum Gasteiger partial charge on any atom is 0.266 e. The Bertz CT molecular complexity index is 909. The average molecular weight is 373 g/mol. The molecule has 2 aromatic rings. The van der Waals surface area contributed by atoms with Crippen LogP contribution in [0.3, 0.4) is 0 Å². The molecule has 0 amide bonds. The van der Waals surface area contributed by atoms with Gasteiger partial charge in [0.05, 0.1) is 16.1 Å². The van der Waals surface area contributed by atoms with Crippen molar-refractivity contribution in [3.63, 3.8) is 0 Å². The van der Waals surface area contributed by atoms with E-state index in [1.54, 1.807) is 30.3 Å². The monoisotopic (exact) mass is 372 g/mol. The van der Waals surface area contributed by atoms with Crippen molar-refractivity contribution < 1.29 is 8.42 Å². The average Bonchev–Trinajstić information content (AvgIpc) is 2.88. The molecule has 1 saturated heterocycles. The van der Waals surface area contributed by atoms with Crippen molar-refractivity contribution in [2.45, 2.75) is 30.7 Å². The van der Waals surface area contributed by atoms with Crippen molar-refractivity contribution in [2.75, 3.05) is 0 Å². The summed E-state index contributed by atoms with van der Waals surface area (Å²) in [7, 11) is -3.74. The molecule has 1 heterocycles. The van der Waals surface area contributed by atoms with Crippen LogP contribution in [-0.4, -0.2) is 23.4 Å². The largest absolute Gasteiger partial charge is 0.266 e. The van der Waals surface area contributed by atoms with Gasteiger partial charge in [0, 0.05) is 4.91 Å². The molecule has 0 aliphatic carbocycles. The van der Waals surface area contributed by atoms with Crippen LogP contribution in [0.5, 0.6) is 0 Å². The summed E-state index contributed by atoms with van der Waals surface area (Å²) in [6.45, 7) is 7.97. The fourth-order valence-corrected chi connectivity index (χ4v) is 5.98. The lowest BCUT2D eigenvalue weighted by atomic mass is 9.99. The number of sulfonamides is 1. The standard InChI is InChI=1S/C19H20N2O2S2/c1-4-19(3)15(2)24-18(20-16-11-7-5-8-12-16)21(19)25(22,23)17-13-9-6-10-14-17/h5-14H,2,4H2,1,3H3/t19-/m1/s1. The Hall–Kier alpha value is -2.05. The van der Waals surface area contributed by atoms with E-state index in [1.807, 2.05) is 44.2 Å². The van der Waals surface area contributed by atoms with Crippen LogP contribution < -0.4 is 0 Å². The van der Waals surface area contributed by atoms with Crippen LogP contribution in [0.1, 0.15) is 20.3 Å². The van der Waals surface area contributed by atoms with Crippen molar-refractivity contribution in [3.05, 3.63) is 72.1 Å². The molecule has 3 rings (SSSR count). The zero-order chi connectivity index (χ0) is 18.1. The topological polar surface area (TPSA) is 49.7 Å². The van der Waals surface area contributed by atoms with E-state index in [-0.39, 0.29) is 4.90 Å². The molecule has 25 heavy (non-hydrogen) atoms. The van der Waals surface area contributed by atoms with Gasteiger partial charge in [-0.15, -0.1) is 0 Å². The van der Waals surface area contributed by atoms with E-state index < -0.39 is 15.6 Å².